The van der Waals surface area contributed by atoms with Crippen LogP contribution in [0.1, 0.15) is 48.2 Å². The Hall–Kier alpha value is -4.76. The van der Waals surface area contributed by atoms with Crippen molar-refractivity contribution in [1.82, 2.24) is 5.43 Å². The first-order valence-corrected chi connectivity index (χ1v) is 14.6. The van der Waals surface area contributed by atoms with Crippen LogP contribution in [0.25, 0.3) is 0 Å². The summed E-state index contributed by atoms with van der Waals surface area (Å²) in [6.07, 6.45) is 0. The van der Waals surface area contributed by atoms with Crippen LogP contribution in [0.4, 0.5) is 11.4 Å². The molecule has 41 heavy (non-hydrogen) atoms. The van der Waals surface area contributed by atoms with Crippen LogP contribution >= 0.6 is 0 Å². The number of anilines is 2. The van der Waals surface area contributed by atoms with Gasteiger partial charge in [-0.15, -0.1) is 0 Å². The van der Waals surface area contributed by atoms with Crippen LogP contribution in [0.3, 0.4) is 0 Å². The molecule has 9 heteroatoms. The fourth-order valence-electron chi connectivity index (χ4n) is 4.02. The summed E-state index contributed by atoms with van der Waals surface area (Å²) in [6.45, 7) is 5.37. The van der Waals surface area contributed by atoms with Crippen molar-refractivity contribution in [2.24, 2.45) is 5.10 Å². The zero-order valence-corrected chi connectivity index (χ0v) is 23.9. The molecule has 0 saturated carbocycles. The molecule has 8 nitrogen and oxygen atoms in total. The number of benzene rings is 4. The van der Waals surface area contributed by atoms with Gasteiger partial charge in [-0.05, 0) is 72.5 Å². The first kappa shape index (κ1) is 29.2. The molecule has 0 aliphatic heterocycles. The fourth-order valence-corrected chi connectivity index (χ4v) is 5.47. The summed E-state index contributed by atoms with van der Waals surface area (Å²) in [7, 11) is -4.02. The van der Waals surface area contributed by atoms with Gasteiger partial charge in [0.05, 0.1) is 16.3 Å². The Bertz CT molecular complexity index is 1620. The minimum Gasteiger partial charge on any atom is -0.322 e. The van der Waals surface area contributed by atoms with Gasteiger partial charge < -0.3 is 5.32 Å². The lowest BCUT2D eigenvalue weighted by Crippen LogP contribution is -2.39. The van der Waals surface area contributed by atoms with E-state index in [-0.39, 0.29) is 16.7 Å². The molecule has 4 aromatic rings. The van der Waals surface area contributed by atoms with Crippen molar-refractivity contribution in [3.8, 4) is 0 Å². The van der Waals surface area contributed by atoms with E-state index in [1.54, 1.807) is 85.8 Å². The van der Waals surface area contributed by atoms with Crippen LogP contribution in [0.2, 0.25) is 0 Å². The molecule has 0 aliphatic rings. The normalized spacial score (nSPS) is 11.7. The summed E-state index contributed by atoms with van der Waals surface area (Å²) < 4.78 is 28.1. The number of amides is 2. The van der Waals surface area contributed by atoms with Crippen molar-refractivity contribution < 1.29 is 18.0 Å². The van der Waals surface area contributed by atoms with E-state index in [0.29, 0.717) is 22.6 Å². The number of nitrogens with zero attached hydrogens (tertiary/aromatic N) is 2. The van der Waals surface area contributed by atoms with E-state index < -0.39 is 22.5 Å². The first-order chi connectivity index (χ1) is 19.6. The number of hydrogen-bond acceptors (Lipinski definition) is 5. The molecule has 0 heterocycles. The van der Waals surface area contributed by atoms with Gasteiger partial charge in [-0.2, -0.15) is 5.10 Å². The Balaban J connectivity index is 1.47. The summed E-state index contributed by atoms with van der Waals surface area (Å²) >= 11 is 0. The lowest BCUT2D eigenvalue weighted by Gasteiger charge is -2.24. The third-order valence-corrected chi connectivity index (χ3v) is 8.20. The number of sulfonamides is 1. The van der Waals surface area contributed by atoms with Gasteiger partial charge in [-0.3, -0.25) is 13.9 Å². The van der Waals surface area contributed by atoms with Gasteiger partial charge >= 0.3 is 0 Å². The smallest absolute Gasteiger partial charge is 0.264 e. The number of carbonyl (C=O) groups excluding carboxylic acids is 2. The Morgan fingerprint density at radius 1 is 0.780 bits per heavy atom. The van der Waals surface area contributed by atoms with Gasteiger partial charge in [0, 0.05) is 11.3 Å². The van der Waals surface area contributed by atoms with E-state index in [2.05, 4.69) is 29.7 Å². The Morgan fingerprint density at radius 3 is 1.95 bits per heavy atom. The van der Waals surface area contributed by atoms with Crippen molar-refractivity contribution in [3.05, 3.63) is 126 Å². The SMILES string of the molecule is C/C(=N/NC(=O)CN(c1ccc(C(C)C)cc1)S(=O)(=O)c1ccccc1)c1ccc(NC(=O)c2ccccc2)cc1. The summed E-state index contributed by atoms with van der Waals surface area (Å²) in [5, 5.41) is 7.02. The lowest BCUT2D eigenvalue weighted by molar-refractivity contribution is -0.119. The molecule has 210 valence electrons. The van der Waals surface area contributed by atoms with E-state index in [9.17, 15) is 18.0 Å². The number of carbonyl (C=O) groups is 2. The largest absolute Gasteiger partial charge is 0.322 e. The molecular formula is C32H32N4O4S. The van der Waals surface area contributed by atoms with E-state index in [1.165, 1.54) is 12.1 Å². The molecular weight excluding hydrogens is 536 g/mol. The minimum absolute atomic E-state index is 0.0832. The van der Waals surface area contributed by atoms with Crippen LogP contribution in [-0.4, -0.2) is 32.5 Å². The molecule has 0 unspecified atom stereocenters. The topological polar surface area (TPSA) is 108 Å². The highest BCUT2D eigenvalue weighted by atomic mass is 32.2. The molecule has 2 N–H and O–H groups in total. The first-order valence-electron chi connectivity index (χ1n) is 13.1. The number of hydrogen-bond donors (Lipinski definition) is 2. The maximum atomic E-state index is 13.5. The van der Waals surface area contributed by atoms with Gasteiger partial charge in [-0.1, -0.05) is 74.5 Å². The second-order valence-electron chi connectivity index (χ2n) is 9.70. The maximum Gasteiger partial charge on any atom is 0.264 e. The molecule has 0 saturated heterocycles. The molecule has 0 aromatic heterocycles. The van der Waals surface area contributed by atoms with Crippen molar-refractivity contribution in [1.29, 1.82) is 0 Å². The van der Waals surface area contributed by atoms with Gasteiger partial charge in [0.2, 0.25) is 0 Å². The Kier molecular flexibility index (Phi) is 9.31. The standard InChI is InChI=1S/C32H32N4O4S/c1-23(2)25-16-20-29(21-17-25)36(41(39,40)30-12-8-5-9-13-30)22-31(37)35-34-24(3)26-14-18-28(19-15-26)33-32(38)27-10-6-4-7-11-27/h4-21,23H,22H2,1-3H3,(H,33,38)(H,35,37)/b34-24-. The summed E-state index contributed by atoms with van der Waals surface area (Å²) in [4.78, 5) is 25.4. The fraction of sp³-hybridized carbons (Fsp3) is 0.156. The van der Waals surface area contributed by atoms with Gasteiger partial charge in [0.25, 0.3) is 21.8 Å². The molecule has 0 fully saturated rings. The molecule has 0 spiro atoms. The highest BCUT2D eigenvalue weighted by molar-refractivity contribution is 7.92. The maximum absolute atomic E-state index is 13.5. The quantitative estimate of drug-likeness (QED) is 0.186. The van der Waals surface area contributed by atoms with Gasteiger partial charge in [0.15, 0.2) is 0 Å². The van der Waals surface area contributed by atoms with Crippen LogP contribution < -0.4 is 15.0 Å². The van der Waals surface area contributed by atoms with Crippen molar-refractivity contribution in [2.75, 3.05) is 16.2 Å². The molecule has 4 rings (SSSR count). The molecule has 0 atom stereocenters. The van der Waals surface area contributed by atoms with Crippen molar-refractivity contribution >= 4 is 38.9 Å². The van der Waals surface area contributed by atoms with Crippen LogP contribution in [0, 0.1) is 0 Å². The number of nitrogens with one attached hydrogen (secondary N) is 2. The second-order valence-corrected chi connectivity index (χ2v) is 11.6. The monoisotopic (exact) mass is 568 g/mol. The lowest BCUT2D eigenvalue weighted by atomic mass is 10.0. The van der Waals surface area contributed by atoms with Crippen LogP contribution in [-0.2, 0) is 14.8 Å². The summed E-state index contributed by atoms with van der Waals surface area (Å²) in [6, 6.07) is 31.1. The summed E-state index contributed by atoms with van der Waals surface area (Å²) in [5.74, 6) is -0.536. The van der Waals surface area contributed by atoms with Crippen molar-refractivity contribution in [3.63, 3.8) is 0 Å². The molecule has 4 aromatic carbocycles. The Labute approximate surface area is 240 Å². The Morgan fingerprint density at radius 2 is 1.37 bits per heavy atom. The summed E-state index contributed by atoms with van der Waals surface area (Å²) in [5.41, 5.74) is 6.31. The van der Waals surface area contributed by atoms with Crippen LogP contribution in [0.15, 0.2) is 119 Å². The average Bonchev–Trinajstić information content (AvgIpc) is 3.00. The predicted molar refractivity (Wildman–Crippen MR) is 163 cm³/mol. The molecule has 0 bridgehead atoms. The zero-order chi connectivity index (χ0) is 29.4. The van der Waals surface area contributed by atoms with Crippen LogP contribution in [0.5, 0.6) is 0 Å². The number of rotatable bonds is 10. The average molecular weight is 569 g/mol. The van der Waals surface area contributed by atoms with E-state index in [1.807, 2.05) is 18.2 Å². The third kappa shape index (κ3) is 7.46. The molecule has 2 amide bonds. The number of hydrazone groups is 1. The third-order valence-electron chi connectivity index (χ3n) is 6.41. The van der Waals surface area contributed by atoms with E-state index in [4.69, 9.17) is 0 Å². The van der Waals surface area contributed by atoms with Gasteiger partial charge in [-0.25, -0.2) is 13.8 Å². The zero-order valence-electron chi connectivity index (χ0n) is 23.1. The predicted octanol–water partition coefficient (Wildman–Crippen LogP) is 5.80. The highest BCUT2D eigenvalue weighted by Gasteiger charge is 2.27. The molecule has 0 aliphatic carbocycles. The second kappa shape index (κ2) is 13.1. The molecule has 0 radical (unpaired) electrons. The van der Waals surface area contributed by atoms with E-state index >= 15 is 0 Å². The highest BCUT2D eigenvalue weighted by Crippen LogP contribution is 2.25. The minimum atomic E-state index is -4.02. The van der Waals surface area contributed by atoms with Gasteiger partial charge in [0.1, 0.15) is 6.54 Å². The van der Waals surface area contributed by atoms with Crippen molar-refractivity contribution in [2.45, 2.75) is 31.6 Å². The van der Waals surface area contributed by atoms with E-state index in [0.717, 1.165) is 15.4 Å².